The number of rotatable bonds is 4. The van der Waals surface area contributed by atoms with Gasteiger partial charge in [0, 0.05) is 26.6 Å². The minimum atomic E-state index is 0.747. The number of nitrogens with zero attached hydrogens (tertiary/aromatic N) is 2. The number of halogens is 1. The molecule has 0 spiro atoms. The Balaban J connectivity index is 2.01. The molecule has 0 saturated heterocycles. The van der Waals surface area contributed by atoms with Gasteiger partial charge >= 0.3 is 0 Å². The largest absolute Gasteiger partial charge is 0.496 e. The standard InChI is InChI=1S/C18H17IN2O/c1-13-11-20-18(14-7-9-16(19)10-8-14)21(13)12-15-5-3-4-6-17(15)22-2/h3-11H,12H2,1-2H3. The molecule has 0 aliphatic rings. The second kappa shape index (κ2) is 6.52. The molecule has 0 bridgehead atoms. The van der Waals surface area contributed by atoms with E-state index in [1.165, 1.54) is 3.57 Å². The van der Waals surface area contributed by atoms with E-state index in [2.05, 4.69) is 69.4 Å². The van der Waals surface area contributed by atoms with Crippen molar-refractivity contribution >= 4 is 22.6 Å². The highest BCUT2D eigenvalue weighted by Gasteiger charge is 2.11. The summed E-state index contributed by atoms with van der Waals surface area (Å²) in [5.41, 5.74) is 3.42. The number of imidazole rings is 1. The van der Waals surface area contributed by atoms with Crippen LogP contribution in [-0.2, 0) is 6.54 Å². The van der Waals surface area contributed by atoms with Crippen molar-refractivity contribution in [3.8, 4) is 17.1 Å². The van der Waals surface area contributed by atoms with Crippen molar-refractivity contribution in [1.82, 2.24) is 9.55 Å². The highest BCUT2D eigenvalue weighted by molar-refractivity contribution is 14.1. The fourth-order valence-electron chi connectivity index (χ4n) is 2.49. The maximum absolute atomic E-state index is 5.46. The topological polar surface area (TPSA) is 27.1 Å². The van der Waals surface area contributed by atoms with Crippen molar-refractivity contribution in [2.24, 2.45) is 0 Å². The first-order valence-corrected chi connectivity index (χ1v) is 8.17. The number of para-hydroxylation sites is 1. The Morgan fingerprint density at radius 2 is 1.82 bits per heavy atom. The van der Waals surface area contributed by atoms with Gasteiger partial charge < -0.3 is 9.30 Å². The monoisotopic (exact) mass is 404 g/mol. The summed E-state index contributed by atoms with van der Waals surface area (Å²) in [4.78, 5) is 4.59. The predicted molar refractivity (Wildman–Crippen MR) is 97.2 cm³/mol. The first-order valence-electron chi connectivity index (χ1n) is 7.09. The van der Waals surface area contributed by atoms with E-state index in [1.54, 1.807) is 7.11 Å². The van der Waals surface area contributed by atoms with Crippen LogP contribution in [-0.4, -0.2) is 16.7 Å². The van der Waals surface area contributed by atoms with Gasteiger partial charge in [-0.2, -0.15) is 0 Å². The average Bonchev–Trinajstić information content (AvgIpc) is 2.90. The Hall–Kier alpha value is -1.82. The van der Waals surface area contributed by atoms with Gasteiger partial charge in [0.15, 0.2) is 0 Å². The van der Waals surface area contributed by atoms with Crippen molar-refractivity contribution in [2.45, 2.75) is 13.5 Å². The van der Waals surface area contributed by atoms with Crippen LogP contribution in [0.15, 0.2) is 54.7 Å². The second-order valence-electron chi connectivity index (χ2n) is 5.13. The van der Waals surface area contributed by atoms with Crippen LogP contribution in [0.1, 0.15) is 11.3 Å². The van der Waals surface area contributed by atoms with E-state index < -0.39 is 0 Å². The molecule has 0 aliphatic heterocycles. The molecule has 0 N–H and O–H groups in total. The van der Waals surface area contributed by atoms with Crippen molar-refractivity contribution < 1.29 is 4.74 Å². The Morgan fingerprint density at radius 3 is 2.55 bits per heavy atom. The minimum Gasteiger partial charge on any atom is -0.496 e. The number of aromatic nitrogens is 2. The lowest BCUT2D eigenvalue weighted by atomic mass is 10.1. The van der Waals surface area contributed by atoms with Crippen molar-refractivity contribution in [2.75, 3.05) is 7.11 Å². The number of ether oxygens (including phenoxy) is 1. The molecule has 0 unspecified atom stereocenters. The third-order valence-corrected chi connectivity index (χ3v) is 4.40. The minimum absolute atomic E-state index is 0.747. The van der Waals surface area contributed by atoms with Crippen molar-refractivity contribution in [3.63, 3.8) is 0 Å². The molecular formula is C18H17IN2O. The molecule has 0 radical (unpaired) electrons. The average molecular weight is 404 g/mol. The van der Waals surface area contributed by atoms with E-state index in [4.69, 9.17) is 4.74 Å². The number of benzene rings is 2. The van der Waals surface area contributed by atoms with Crippen molar-refractivity contribution in [3.05, 3.63) is 69.6 Å². The lowest BCUT2D eigenvalue weighted by Gasteiger charge is -2.13. The summed E-state index contributed by atoms with van der Waals surface area (Å²) < 4.78 is 8.91. The molecule has 0 atom stereocenters. The summed E-state index contributed by atoms with van der Waals surface area (Å²) in [7, 11) is 1.71. The Bertz CT molecular complexity index is 778. The van der Waals surface area contributed by atoms with Crippen LogP contribution >= 0.6 is 22.6 Å². The summed E-state index contributed by atoms with van der Waals surface area (Å²) in [6.07, 6.45) is 1.92. The van der Waals surface area contributed by atoms with Crippen molar-refractivity contribution in [1.29, 1.82) is 0 Å². The molecule has 3 rings (SSSR count). The molecular weight excluding hydrogens is 387 g/mol. The van der Waals surface area contributed by atoms with Gasteiger partial charge in [-0.1, -0.05) is 30.3 Å². The second-order valence-corrected chi connectivity index (χ2v) is 6.37. The SMILES string of the molecule is COc1ccccc1Cn1c(C)cnc1-c1ccc(I)cc1. The lowest BCUT2D eigenvalue weighted by Crippen LogP contribution is -2.05. The predicted octanol–water partition coefficient (Wildman–Crippen LogP) is 4.52. The van der Waals surface area contributed by atoms with Crippen LogP contribution < -0.4 is 4.74 Å². The fourth-order valence-corrected chi connectivity index (χ4v) is 2.85. The van der Waals surface area contributed by atoms with Crippen LogP contribution in [0.2, 0.25) is 0 Å². The smallest absolute Gasteiger partial charge is 0.140 e. The highest BCUT2D eigenvalue weighted by atomic mass is 127. The van der Waals surface area contributed by atoms with E-state index in [0.29, 0.717) is 0 Å². The Labute approximate surface area is 144 Å². The van der Waals surface area contributed by atoms with Crippen LogP contribution in [0.4, 0.5) is 0 Å². The summed E-state index contributed by atoms with van der Waals surface area (Å²) >= 11 is 2.31. The number of hydrogen-bond donors (Lipinski definition) is 0. The van der Waals surface area contributed by atoms with Gasteiger partial charge in [-0.25, -0.2) is 4.98 Å². The van der Waals surface area contributed by atoms with Gasteiger partial charge in [-0.3, -0.25) is 0 Å². The number of hydrogen-bond acceptors (Lipinski definition) is 2. The fraction of sp³-hybridized carbons (Fsp3) is 0.167. The van der Waals surface area contributed by atoms with Crippen LogP contribution in [0.5, 0.6) is 5.75 Å². The molecule has 0 fully saturated rings. The molecule has 1 heterocycles. The molecule has 22 heavy (non-hydrogen) atoms. The van der Waals surface area contributed by atoms with Crippen LogP contribution in [0, 0.1) is 10.5 Å². The molecule has 4 heteroatoms. The zero-order valence-electron chi connectivity index (χ0n) is 12.6. The Morgan fingerprint density at radius 1 is 1.09 bits per heavy atom. The Kier molecular flexibility index (Phi) is 4.47. The summed E-state index contributed by atoms with van der Waals surface area (Å²) in [6.45, 7) is 2.83. The van der Waals surface area contributed by atoms with E-state index in [0.717, 1.165) is 34.9 Å². The van der Waals surface area contributed by atoms with Gasteiger partial charge in [0.05, 0.1) is 13.7 Å². The first kappa shape index (κ1) is 15.1. The number of aryl methyl sites for hydroxylation is 1. The van der Waals surface area contributed by atoms with Gasteiger partial charge in [-0.05, 0) is 47.7 Å². The van der Waals surface area contributed by atoms with E-state index in [9.17, 15) is 0 Å². The maximum Gasteiger partial charge on any atom is 0.140 e. The third-order valence-electron chi connectivity index (χ3n) is 3.68. The maximum atomic E-state index is 5.46. The van der Waals surface area contributed by atoms with E-state index >= 15 is 0 Å². The molecule has 0 saturated carbocycles. The molecule has 0 amide bonds. The molecule has 1 aromatic heterocycles. The molecule has 112 valence electrons. The van der Waals surface area contributed by atoms with Crippen LogP contribution in [0.25, 0.3) is 11.4 Å². The molecule has 0 aliphatic carbocycles. The zero-order valence-corrected chi connectivity index (χ0v) is 14.7. The first-order chi connectivity index (χ1) is 10.7. The van der Waals surface area contributed by atoms with Gasteiger partial charge in [-0.15, -0.1) is 0 Å². The molecule has 3 aromatic rings. The highest BCUT2D eigenvalue weighted by Crippen LogP contribution is 2.25. The van der Waals surface area contributed by atoms with E-state index in [1.807, 2.05) is 24.4 Å². The van der Waals surface area contributed by atoms with Gasteiger partial charge in [0.25, 0.3) is 0 Å². The zero-order chi connectivity index (χ0) is 15.5. The van der Waals surface area contributed by atoms with E-state index in [-0.39, 0.29) is 0 Å². The summed E-state index contributed by atoms with van der Waals surface area (Å²) in [6, 6.07) is 16.5. The van der Waals surface area contributed by atoms with Gasteiger partial charge in [0.2, 0.25) is 0 Å². The third kappa shape index (κ3) is 3.02. The quantitative estimate of drug-likeness (QED) is 0.598. The summed E-state index contributed by atoms with van der Waals surface area (Å²) in [5.74, 6) is 1.89. The lowest BCUT2D eigenvalue weighted by molar-refractivity contribution is 0.408. The molecule has 2 aromatic carbocycles. The summed E-state index contributed by atoms with van der Waals surface area (Å²) in [5, 5.41) is 0. The van der Waals surface area contributed by atoms with Gasteiger partial charge in [0.1, 0.15) is 11.6 Å². The normalized spacial score (nSPS) is 10.7. The molecule has 3 nitrogen and oxygen atoms in total. The number of methoxy groups -OCH3 is 1. The van der Waals surface area contributed by atoms with Crippen LogP contribution in [0.3, 0.4) is 0 Å².